The van der Waals surface area contributed by atoms with E-state index in [1.165, 1.54) is 6.42 Å². The fraction of sp³-hybridized carbons (Fsp3) is 0.941. The summed E-state index contributed by atoms with van der Waals surface area (Å²) in [6, 6.07) is 0. The molecule has 0 aromatic carbocycles. The van der Waals surface area contributed by atoms with Crippen LogP contribution in [-0.4, -0.2) is 0 Å². The van der Waals surface area contributed by atoms with Gasteiger partial charge in [-0.25, -0.2) is 0 Å². The monoisotopic (exact) mass is 276 g/mol. The van der Waals surface area contributed by atoms with Gasteiger partial charge in [0.15, 0.2) is 0 Å². The molecule has 0 aliphatic heterocycles. The Labute approximate surface area is 158 Å². The van der Waals surface area contributed by atoms with Gasteiger partial charge in [-0.3, -0.25) is 0 Å². The molecule has 102 valence electrons. The number of hydrogen-bond donors (Lipinski definition) is 0. The summed E-state index contributed by atoms with van der Waals surface area (Å²) in [5.74, 6) is 2.36. The molecule has 0 heterocycles. The average molecular weight is 277 g/mol. The molecule has 1 heteroatoms. The van der Waals surface area contributed by atoms with Gasteiger partial charge >= 0.3 is 51.4 Å². The quantitative estimate of drug-likeness (QED) is 0.471. The van der Waals surface area contributed by atoms with Crippen LogP contribution in [0.4, 0.5) is 0 Å². The standard InChI is InChI=1S/C17H33.K/c1-15(2,3)12-10-13(16(4,5)6)14(11-12)17(7,8)9;/h10,12-14H,11H2,1-9H3;/q-1;+1. The number of rotatable bonds is 0. The van der Waals surface area contributed by atoms with E-state index in [0.717, 1.165) is 17.8 Å². The average Bonchev–Trinajstić information content (AvgIpc) is 2.42. The van der Waals surface area contributed by atoms with E-state index < -0.39 is 0 Å². The van der Waals surface area contributed by atoms with Crippen LogP contribution in [0, 0.1) is 40.4 Å². The third-order valence-electron chi connectivity index (χ3n) is 4.61. The van der Waals surface area contributed by atoms with E-state index >= 15 is 0 Å². The predicted molar refractivity (Wildman–Crippen MR) is 77.8 cm³/mol. The van der Waals surface area contributed by atoms with Crippen molar-refractivity contribution in [3.63, 3.8) is 0 Å². The largest absolute Gasteiger partial charge is 1.00 e. The van der Waals surface area contributed by atoms with Crippen LogP contribution in [0.3, 0.4) is 0 Å². The van der Waals surface area contributed by atoms with Crippen molar-refractivity contribution in [2.75, 3.05) is 0 Å². The van der Waals surface area contributed by atoms with Gasteiger partial charge in [-0.15, -0.1) is 0 Å². The van der Waals surface area contributed by atoms with Gasteiger partial charge in [0, 0.05) is 0 Å². The smallest absolute Gasteiger partial charge is 0.321 e. The van der Waals surface area contributed by atoms with Gasteiger partial charge in [0.25, 0.3) is 0 Å². The summed E-state index contributed by atoms with van der Waals surface area (Å²) in [5.41, 5.74) is 1.25. The van der Waals surface area contributed by atoms with Gasteiger partial charge in [-0.2, -0.15) is 11.8 Å². The molecule has 0 bridgehead atoms. The Balaban J connectivity index is 0.00000289. The molecule has 0 radical (unpaired) electrons. The molecule has 1 aliphatic carbocycles. The summed E-state index contributed by atoms with van der Waals surface area (Å²) < 4.78 is 0. The van der Waals surface area contributed by atoms with Crippen molar-refractivity contribution in [3.8, 4) is 0 Å². The normalized spacial score (nSPS) is 30.2. The molecule has 1 fully saturated rings. The van der Waals surface area contributed by atoms with Crippen molar-refractivity contribution in [1.82, 2.24) is 0 Å². The fourth-order valence-electron chi connectivity index (χ4n) is 3.31. The van der Waals surface area contributed by atoms with Crippen LogP contribution >= 0.6 is 0 Å². The molecule has 0 saturated heterocycles. The predicted octanol–water partition coefficient (Wildman–Crippen LogP) is 2.59. The minimum Gasteiger partial charge on any atom is -0.321 e. The van der Waals surface area contributed by atoms with E-state index in [4.69, 9.17) is 0 Å². The second-order valence-electron chi connectivity index (χ2n) is 9.26. The van der Waals surface area contributed by atoms with Crippen LogP contribution in [0.5, 0.6) is 0 Å². The molecular weight excluding hydrogens is 243 g/mol. The molecule has 3 unspecified atom stereocenters. The summed E-state index contributed by atoms with van der Waals surface area (Å²) in [7, 11) is 0. The Morgan fingerprint density at radius 2 is 1.17 bits per heavy atom. The fourth-order valence-corrected chi connectivity index (χ4v) is 3.31. The van der Waals surface area contributed by atoms with Crippen molar-refractivity contribution in [1.29, 1.82) is 0 Å². The van der Waals surface area contributed by atoms with Crippen molar-refractivity contribution in [3.05, 3.63) is 6.42 Å². The van der Waals surface area contributed by atoms with Crippen LogP contribution in [0.1, 0.15) is 68.7 Å². The van der Waals surface area contributed by atoms with Crippen molar-refractivity contribution in [2.24, 2.45) is 34.0 Å². The van der Waals surface area contributed by atoms with E-state index in [1.807, 2.05) is 0 Å². The summed E-state index contributed by atoms with van der Waals surface area (Å²) in [5, 5.41) is 0. The zero-order valence-corrected chi connectivity index (χ0v) is 17.6. The molecule has 0 N–H and O–H groups in total. The number of hydrogen-bond acceptors (Lipinski definition) is 0. The van der Waals surface area contributed by atoms with Gasteiger partial charge in [0.1, 0.15) is 0 Å². The van der Waals surface area contributed by atoms with Crippen LogP contribution in [0.15, 0.2) is 0 Å². The van der Waals surface area contributed by atoms with E-state index in [-0.39, 0.29) is 51.4 Å². The third-order valence-corrected chi connectivity index (χ3v) is 4.61. The molecule has 0 spiro atoms. The van der Waals surface area contributed by atoms with E-state index in [2.05, 4.69) is 68.7 Å². The summed E-state index contributed by atoms with van der Waals surface area (Å²) in [6.45, 7) is 21.6. The first-order valence-electron chi connectivity index (χ1n) is 7.18. The topological polar surface area (TPSA) is 0 Å². The minimum atomic E-state index is 0. The third kappa shape index (κ3) is 4.88. The summed E-state index contributed by atoms with van der Waals surface area (Å²) in [4.78, 5) is 0. The first kappa shape index (κ1) is 19.6. The maximum atomic E-state index is 2.68. The van der Waals surface area contributed by atoms with Gasteiger partial charge in [0.05, 0.1) is 0 Å². The van der Waals surface area contributed by atoms with Crippen LogP contribution in [-0.2, 0) is 0 Å². The van der Waals surface area contributed by atoms with Gasteiger partial charge < -0.3 is 6.42 Å². The Morgan fingerprint density at radius 3 is 1.39 bits per heavy atom. The molecule has 0 nitrogen and oxygen atoms in total. The molecule has 1 rings (SSSR count). The molecule has 1 aliphatic rings. The van der Waals surface area contributed by atoms with Crippen molar-refractivity contribution < 1.29 is 51.4 Å². The molecular formula is C17H33K. The van der Waals surface area contributed by atoms with Crippen molar-refractivity contribution >= 4 is 0 Å². The molecule has 0 amide bonds. The minimum absolute atomic E-state index is 0. The zero-order chi connectivity index (χ0) is 13.6. The molecule has 1 saturated carbocycles. The summed E-state index contributed by atoms with van der Waals surface area (Å²) >= 11 is 0. The summed E-state index contributed by atoms with van der Waals surface area (Å²) in [6.07, 6.45) is 4.05. The Kier molecular flexibility index (Phi) is 6.74. The molecule has 3 atom stereocenters. The maximum Gasteiger partial charge on any atom is 1.00 e. The second-order valence-corrected chi connectivity index (χ2v) is 9.26. The molecule has 0 aromatic rings. The van der Waals surface area contributed by atoms with E-state index in [9.17, 15) is 0 Å². The Morgan fingerprint density at radius 1 is 0.722 bits per heavy atom. The Hall–Kier alpha value is 1.64. The van der Waals surface area contributed by atoms with E-state index in [0.29, 0.717) is 16.2 Å². The van der Waals surface area contributed by atoms with Gasteiger partial charge in [0.2, 0.25) is 0 Å². The Bertz CT molecular complexity index is 237. The second kappa shape index (κ2) is 6.18. The SMILES string of the molecule is CC(C)(C)C1[CH-]C(C(C)(C)C)C(C(C)(C)C)C1.[K+]. The molecule has 18 heavy (non-hydrogen) atoms. The van der Waals surface area contributed by atoms with E-state index in [1.54, 1.807) is 0 Å². The van der Waals surface area contributed by atoms with Crippen LogP contribution < -0.4 is 51.4 Å². The van der Waals surface area contributed by atoms with Crippen LogP contribution in [0.25, 0.3) is 0 Å². The van der Waals surface area contributed by atoms with Gasteiger partial charge in [-0.05, 0) is 5.41 Å². The zero-order valence-electron chi connectivity index (χ0n) is 14.5. The van der Waals surface area contributed by atoms with Crippen LogP contribution in [0.2, 0.25) is 0 Å². The first-order chi connectivity index (χ1) is 7.33. The first-order valence-corrected chi connectivity index (χ1v) is 7.18. The molecule has 0 aromatic heterocycles. The van der Waals surface area contributed by atoms with Crippen molar-refractivity contribution in [2.45, 2.75) is 68.7 Å². The van der Waals surface area contributed by atoms with Gasteiger partial charge in [-0.1, -0.05) is 85.5 Å². The maximum absolute atomic E-state index is 2.68.